The van der Waals surface area contributed by atoms with Crippen LogP contribution in [0.3, 0.4) is 0 Å². The van der Waals surface area contributed by atoms with Gasteiger partial charge in [-0.2, -0.15) is 0 Å². The molecule has 1 aromatic carbocycles. The van der Waals surface area contributed by atoms with Crippen LogP contribution in [0.2, 0.25) is 0 Å². The van der Waals surface area contributed by atoms with E-state index in [1.54, 1.807) is 11.8 Å². The Balaban J connectivity index is 1.81. The molecular formula is C17H16F3N5O2. The second kappa shape index (κ2) is 7.60. The molecule has 0 spiro atoms. The minimum absolute atomic E-state index is 0.0422. The molecule has 0 aliphatic carbocycles. The van der Waals surface area contributed by atoms with Gasteiger partial charge in [0.1, 0.15) is 17.3 Å². The van der Waals surface area contributed by atoms with E-state index in [2.05, 4.69) is 15.3 Å². The highest BCUT2D eigenvalue weighted by molar-refractivity contribution is 6.03. The monoisotopic (exact) mass is 379 g/mol. The van der Waals surface area contributed by atoms with Gasteiger partial charge in [-0.15, -0.1) is 0 Å². The Labute approximate surface area is 152 Å². The maximum Gasteiger partial charge on any atom is 0.274 e. The van der Waals surface area contributed by atoms with Gasteiger partial charge in [0.15, 0.2) is 17.5 Å². The van der Waals surface area contributed by atoms with Gasteiger partial charge >= 0.3 is 0 Å². The van der Waals surface area contributed by atoms with Gasteiger partial charge in [-0.1, -0.05) is 0 Å². The van der Waals surface area contributed by atoms with E-state index < -0.39 is 29.0 Å². The number of carbonyl (C=O) groups is 2. The zero-order valence-electron chi connectivity index (χ0n) is 14.4. The summed E-state index contributed by atoms with van der Waals surface area (Å²) in [6.07, 6.45) is 0.776. The van der Waals surface area contributed by atoms with Crippen LogP contribution in [-0.2, 0) is 4.79 Å². The van der Waals surface area contributed by atoms with Gasteiger partial charge < -0.3 is 15.1 Å². The third kappa shape index (κ3) is 3.99. The lowest BCUT2D eigenvalue weighted by Gasteiger charge is -2.33. The first-order chi connectivity index (χ1) is 12.9. The molecule has 1 aliphatic rings. The Morgan fingerprint density at radius 2 is 1.81 bits per heavy atom. The maximum atomic E-state index is 13.8. The van der Waals surface area contributed by atoms with Crippen molar-refractivity contribution < 1.29 is 22.8 Å². The minimum Gasteiger partial charge on any atom is -0.353 e. The molecule has 7 nitrogen and oxygen atoms in total. The summed E-state index contributed by atoms with van der Waals surface area (Å²) in [6.45, 7) is 3.71. The Hall–Kier alpha value is -3.17. The summed E-state index contributed by atoms with van der Waals surface area (Å²) in [6, 6.07) is 3.08. The molecule has 0 saturated carbocycles. The summed E-state index contributed by atoms with van der Waals surface area (Å²) in [5.74, 6) is -4.47. The van der Waals surface area contributed by atoms with Crippen LogP contribution in [0.25, 0.3) is 0 Å². The lowest BCUT2D eigenvalue weighted by atomic mass is 10.2. The van der Waals surface area contributed by atoms with Crippen LogP contribution >= 0.6 is 0 Å². The molecule has 1 aliphatic heterocycles. The van der Waals surface area contributed by atoms with E-state index in [0.717, 1.165) is 18.5 Å². The van der Waals surface area contributed by atoms with E-state index in [4.69, 9.17) is 0 Å². The number of halogens is 3. The van der Waals surface area contributed by atoms with Crippen LogP contribution < -0.4 is 10.2 Å². The van der Waals surface area contributed by atoms with Crippen molar-refractivity contribution in [1.29, 1.82) is 0 Å². The predicted octanol–water partition coefficient (Wildman–Crippen LogP) is 1.73. The maximum absolute atomic E-state index is 13.8. The highest BCUT2D eigenvalue weighted by Gasteiger charge is 2.21. The first kappa shape index (κ1) is 18.6. The van der Waals surface area contributed by atoms with Crippen molar-refractivity contribution in [3.8, 4) is 0 Å². The fourth-order valence-electron chi connectivity index (χ4n) is 2.70. The van der Waals surface area contributed by atoms with Crippen molar-refractivity contribution in [1.82, 2.24) is 14.9 Å². The average Bonchev–Trinajstić information content (AvgIpc) is 2.68. The van der Waals surface area contributed by atoms with E-state index in [1.807, 2.05) is 4.90 Å². The van der Waals surface area contributed by atoms with Gasteiger partial charge in [0.25, 0.3) is 5.91 Å². The molecule has 0 unspecified atom stereocenters. The number of anilines is 2. The molecule has 1 aromatic heterocycles. The van der Waals surface area contributed by atoms with Crippen molar-refractivity contribution in [3.05, 3.63) is 47.2 Å². The number of rotatable bonds is 4. The van der Waals surface area contributed by atoms with Crippen LogP contribution in [-0.4, -0.2) is 53.4 Å². The highest BCUT2D eigenvalue weighted by atomic mass is 19.2. The number of hydrogen-bond acceptors (Lipinski definition) is 5. The number of hydrogen-bond donors (Lipinski definition) is 1. The van der Waals surface area contributed by atoms with Crippen molar-refractivity contribution in [3.63, 3.8) is 0 Å². The summed E-state index contributed by atoms with van der Waals surface area (Å²) in [7, 11) is 0. The van der Waals surface area contributed by atoms with Crippen LogP contribution in [0.4, 0.5) is 24.7 Å². The molecule has 142 valence electrons. The molecule has 3 rings (SSSR count). The summed E-state index contributed by atoms with van der Waals surface area (Å²) >= 11 is 0. The molecule has 1 fully saturated rings. The van der Waals surface area contributed by atoms with Gasteiger partial charge in [-0.25, -0.2) is 23.1 Å². The van der Waals surface area contributed by atoms with E-state index in [0.29, 0.717) is 37.8 Å². The number of nitrogens with one attached hydrogen (secondary N) is 1. The van der Waals surface area contributed by atoms with E-state index in [-0.39, 0.29) is 5.69 Å². The third-order valence-electron chi connectivity index (χ3n) is 4.13. The smallest absolute Gasteiger partial charge is 0.274 e. The lowest BCUT2D eigenvalue weighted by molar-refractivity contribution is -0.118. The number of aryl methyl sites for hydroxylation is 1. The predicted molar refractivity (Wildman–Crippen MR) is 90.9 cm³/mol. The summed E-state index contributed by atoms with van der Waals surface area (Å²) in [5.41, 5.74) is -0.532. The van der Waals surface area contributed by atoms with Crippen molar-refractivity contribution in [2.45, 2.75) is 6.92 Å². The summed E-state index contributed by atoms with van der Waals surface area (Å²) < 4.78 is 40.1. The Morgan fingerprint density at radius 3 is 2.48 bits per heavy atom. The molecule has 0 atom stereocenters. The average molecular weight is 379 g/mol. The first-order valence-corrected chi connectivity index (χ1v) is 8.14. The van der Waals surface area contributed by atoms with E-state index in [9.17, 15) is 22.8 Å². The van der Waals surface area contributed by atoms with Crippen LogP contribution in [0.15, 0.2) is 18.2 Å². The number of benzene rings is 1. The standard InChI is InChI=1S/C17H16F3N5O2/c1-10-21-13(8-14(22-10)25-6-4-24(9-26)5-7-25)17(27)23-12-3-2-11(18)15(19)16(12)20/h2-3,8-9H,4-7H2,1H3,(H,23,27). The minimum atomic E-state index is -1.67. The highest BCUT2D eigenvalue weighted by Crippen LogP contribution is 2.21. The van der Waals surface area contributed by atoms with Crippen molar-refractivity contribution >= 4 is 23.8 Å². The normalized spacial score (nSPS) is 14.2. The Kier molecular flexibility index (Phi) is 5.24. The van der Waals surface area contributed by atoms with Gasteiger partial charge in [0.05, 0.1) is 5.69 Å². The summed E-state index contributed by atoms with van der Waals surface area (Å²) in [4.78, 5) is 35.0. The molecule has 10 heteroatoms. The largest absolute Gasteiger partial charge is 0.353 e. The van der Waals surface area contributed by atoms with Crippen LogP contribution in [0.5, 0.6) is 0 Å². The molecule has 27 heavy (non-hydrogen) atoms. The quantitative estimate of drug-likeness (QED) is 0.647. The molecule has 1 saturated heterocycles. The van der Waals surface area contributed by atoms with Gasteiger partial charge in [0, 0.05) is 32.2 Å². The molecule has 2 amide bonds. The molecule has 1 N–H and O–H groups in total. The lowest BCUT2D eigenvalue weighted by Crippen LogP contribution is -2.46. The Bertz CT molecular complexity index is 885. The zero-order chi connectivity index (χ0) is 19.6. The SMILES string of the molecule is Cc1nc(C(=O)Nc2ccc(F)c(F)c2F)cc(N2CCN(C=O)CC2)n1. The zero-order valence-corrected chi connectivity index (χ0v) is 14.4. The van der Waals surface area contributed by atoms with Gasteiger partial charge in [0.2, 0.25) is 6.41 Å². The van der Waals surface area contributed by atoms with Gasteiger partial charge in [-0.05, 0) is 19.1 Å². The molecule has 2 heterocycles. The fourth-order valence-corrected chi connectivity index (χ4v) is 2.70. The molecule has 0 bridgehead atoms. The van der Waals surface area contributed by atoms with E-state index in [1.165, 1.54) is 6.07 Å². The second-order valence-corrected chi connectivity index (χ2v) is 5.96. The van der Waals surface area contributed by atoms with Crippen LogP contribution in [0, 0.1) is 24.4 Å². The van der Waals surface area contributed by atoms with Crippen molar-refractivity contribution in [2.24, 2.45) is 0 Å². The first-order valence-electron chi connectivity index (χ1n) is 8.14. The number of piperazine rings is 1. The van der Waals surface area contributed by atoms with Gasteiger partial charge in [-0.3, -0.25) is 9.59 Å². The topological polar surface area (TPSA) is 78.4 Å². The number of amides is 2. The Morgan fingerprint density at radius 1 is 1.11 bits per heavy atom. The number of aromatic nitrogens is 2. The fraction of sp³-hybridized carbons (Fsp3) is 0.294. The van der Waals surface area contributed by atoms with Crippen molar-refractivity contribution in [2.75, 3.05) is 36.4 Å². The second-order valence-electron chi connectivity index (χ2n) is 5.96. The number of carbonyl (C=O) groups excluding carboxylic acids is 2. The molecule has 2 aromatic rings. The van der Waals surface area contributed by atoms with E-state index >= 15 is 0 Å². The molecule has 0 radical (unpaired) electrons. The molecular weight excluding hydrogens is 363 g/mol. The number of nitrogens with zero attached hydrogens (tertiary/aromatic N) is 4. The summed E-state index contributed by atoms with van der Waals surface area (Å²) in [5, 5.41) is 2.18. The van der Waals surface area contributed by atoms with Crippen LogP contribution in [0.1, 0.15) is 16.3 Å². The third-order valence-corrected chi connectivity index (χ3v) is 4.13.